The quantitative estimate of drug-likeness (QED) is 0.354. The Balaban J connectivity index is 1.87. The van der Waals surface area contributed by atoms with Crippen LogP contribution in [0.5, 0.6) is 0 Å². The van der Waals surface area contributed by atoms with Crippen molar-refractivity contribution in [3.8, 4) is 0 Å². The minimum absolute atomic E-state index is 0.196. The smallest absolute Gasteiger partial charge is 0.265 e. The molecule has 0 bridgehead atoms. The molecule has 0 fully saturated rings. The standard InChI is InChI=1S/C22H16N6O/c1-2-12-27-14-23-20-18(22(27)29)19-21(26-17-11-7-6-10-16(17)25-19)28(20)24-13-15-8-4-3-5-9-15/h2-11,13-14H,1,12H2. The summed E-state index contributed by atoms with van der Waals surface area (Å²) < 4.78 is 3.08. The van der Waals surface area contributed by atoms with Crippen LogP contribution in [0.1, 0.15) is 5.56 Å². The highest BCUT2D eigenvalue weighted by Gasteiger charge is 2.19. The van der Waals surface area contributed by atoms with Crippen molar-refractivity contribution in [2.75, 3.05) is 0 Å². The van der Waals surface area contributed by atoms with Gasteiger partial charge in [-0.1, -0.05) is 48.5 Å². The SMILES string of the molecule is C=CCn1cnc2c(c1=O)c1nc3ccccc3nc1n2N=Cc1ccccc1. The highest BCUT2D eigenvalue weighted by atomic mass is 16.1. The Kier molecular flexibility index (Phi) is 3.98. The lowest BCUT2D eigenvalue weighted by atomic mass is 10.2. The Morgan fingerprint density at radius 3 is 2.45 bits per heavy atom. The number of hydrogen-bond acceptors (Lipinski definition) is 5. The van der Waals surface area contributed by atoms with Crippen LogP contribution < -0.4 is 5.56 Å². The van der Waals surface area contributed by atoms with Crippen molar-refractivity contribution in [3.05, 3.63) is 89.5 Å². The van der Waals surface area contributed by atoms with Gasteiger partial charge in [0.2, 0.25) is 0 Å². The fourth-order valence-corrected chi connectivity index (χ4v) is 3.30. The van der Waals surface area contributed by atoms with Gasteiger partial charge in [0.05, 0.1) is 17.2 Å². The van der Waals surface area contributed by atoms with Crippen molar-refractivity contribution in [3.63, 3.8) is 0 Å². The van der Waals surface area contributed by atoms with Crippen LogP contribution in [0.2, 0.25) is 0 Å². The number of rotatable bonds is 4. The summed E-state index contributed by atoms with van der Waals surface area (Å²) in [6.07, 6.45) is 4.87. The largest absolute Gasteiger partial charge is 0.295 e. The van der Waals surface area contributed by atoms with Gasteiger partial charge in [0.15, 0.2) is 11.3 Å². The molecule has 0 radical (unpaired) electrons. The molecule has 0 aliphatic rings. The molecule has 0 atom stereocenters. The van der Waals surface area contributed by atoms with Gasteiger partial charge in [-0.2, -0.15) is 9.78 Å². The Labute approximate surface area is 165 Å². The predicted octanol–water partition coefficient (Wildman–Crippen LogP) is 3.36. The summed E-state index contributed by atoms with van der Waals surface area (Å²) in [6.45, 7) is 4.07. The van der Waals surface area contributed by atoms with Crippen molar-refractivity contribution in [1.29, 1.82) is 0 Å². The van der Waals surface area contributed by atoms with Crippen molar-refractivity contribution in [1.82, 2.24) is 24.2 Å². The minimum atomic E-state index is -0.196. The van der Waals surface area contributed by atoms with Crippen molar-refractivity contribution in [2.24, 2.45) is 5.10 Å². The molecule has 29 heavy (non-hydrogen) atoms. The predicted molar refractivity (Wildman–Crippen MR) is 114 cm³/mol. The number of fused-ring (bicyclic) bond motifs is 4. The average molecular weight is 380 g/mol. The first kappa shape index (κ1) is 17.0. The molecule has 5 aromatic rings. The summed E-state index contributed by atoms with van der Waals surface area (Å²) >= 11 is 0. The van der Waals surface area contributed by atoms with Gasteiger partial charge in [-0.3, -0.25) is 9.36 Å². The van der Waals surface area contributed by atoms with E-state index in [0.29, 0.717) is 34.3 Å². The molecule has 140 valence electrons. The molecule has 0 saturated carbocycles. The Morgan fingerprint density at radius 1 is 0.966 bits per heavy atom. The van der Waals surface area contributed by atoms with Gasteiger partial charge < -0.3 is 0 Å². The van der Waals surface area contributed by atoms with Gasteiger partial charge in [-0.15, -0.1) is 6.58 Å². The zero-order valence-electron chi connectivity index (χ0n) is 15.4. The Bertz CT molecular complexity index is 1460. The van der Waals surface area contributed by atoms with Crippen molar-refractivity contribution >= 4 is 39.4 Å². The Hall–Kier alpha value is -4.13. The van der Waals surface area contributed by atoms with Crippen LogP contribution in [0.4, 0.5) is 0 Å². The molecular weight excluding hydrogens is 364 g/mol. The maximum absolute atomic E-state index is 13.1. The second-order valence-electron chi connectivity index (χ2n) is 6.54. The molecule has 0 saturated heterocycles. The van der Waals surface area contributed by atoms with E-state index in [1.54, 1.807) is 17.0 Å². The molecule has 7 heteroatoms. The van der Waals surface area contributed by atoms with Crippen LogP contribution in [0, 0.1) is 0 Å². The monoisotopic (exact) mass is 380 g/mol. The maximum Gasteiger partial charge on any atom is 0.265 e. The van der Waals surface area contributed by atoms with Crippen molar-refractivity contribution < 1.29 is 0 Å². The lowest BCUT2D eigenvalue weighted by molar-refractivity contribution is 0.763. The van der Waals surface area contributed by atoms with E-state index in [-0.39, 0.29) is 5.56 Å². The van der Waals surface area contributed by atoms with E-state index in [2.05, 4.69) is 16.7 Å². The third-order valence-electron chi connectivity index (χ3n) is 4.66. The number of hydrogen-bond donors (Lipinski definition) is 0. The van der Waals surface area contributed by atoms with Crippen molar-refractivity contribution in [2.45, 2.75) is 6.54 Å². The fourth-order valence-electron chi connectivity index (χ4n) is 3.30. The first-order valence-corrected chi connectivity index (χ1v) is 9.13. The number of allylic oxidation sites excluding steroid dienone is 1. The molecule has 2 aromatic carbocycles. The number of para-hydroxylation sites is 2. The van der Waals surface area contributed by atoms with Crippen LogP contribution in [-0.4, -0.2) is 30.4 Å². The molecule has 7 nitrogen and oxygen atoms in total. The molecule has 3 aromatic heterocycles. The van der Waals surface area contributed by atoms with E-state index < -0.39 is 0 Å². The van der Waals surface area contributed by atoms with Gasteiger partial charge in [-0.25, -0.2) is 15.0 Å². The van der Waals surface area contributed by atoms with Crippen LogP contribution in [0.25, 0.3) is 33.2 Å². The van der Waals surface area contributed by atoms with E-state index in [1.807, 2.05) is 54.6 Å². The van der Waals surface area contributed by atoms with E-state index in [4.69, 9.17) is 9.97 Å². The third-order valence-corrected chi connectivity index (χ3v) is 4.66. The van der Waals surface area contributed by atoms with Gasteiger partial charge in [0.25, 0.3) is 5.56 Å². The number of aromatic nitrogens is 5. The van der Waals surface area contributed by atoms with Crippen LogP contribution in [0.15, 0.2) is 83.5 Å². The molecule has 0 spiro atoms. The minimum Gasteiger partial charge on any atom is -0.295 e. The number of nitrogens with zero attached hydrogens (tertiary/aromatic N) is 6. The summed E-state index contributed by atoms with van der Waals surface area (Å²) in [5, 5.41) is 4.97. The molecule has 5 rings (SSSR count). The van der Waals surface area contributed by atoms with E-state index in [1.165, 1.54) is 10.9 Å². The van der Waals surface area contributed by atoms with Gasteiger partial charge >= 0.3 is 0 Å². The molecule has 0 aliphatic carbocycles. The second kappa shape index (κ2) is 6.79. The maximum atomic E-state index is 13.1. The first-order valence-electron chi connectivity index (χ1n) is 9.13. The lowest BCUT2D eigenvalue weighted by Gasteiger charge is -2.01. The zero-order valence-corrected chi connectivity index (χ0v) is 15.4. The highest BCUT2D eigenvalue weighted by Crippen LogP contribution is 2.24. The third kappa shape index (κ3) is 2.80. The molecule has 0 aliphatic heterocycles. The summed E-state index contributed by atoms with van der Waals surface area (Å²) in [7, 11) is 0. The lowest BCUT2D eigenvalue weighted by Crippen LogP contribution is -2.19. The normalized spacial score (nSPS) is 11.7. The molecule has 3 heterocycles. The molecule has 0 amide bonds. The molecule has 0 unspecified atom stereocenters. The van der Waals surface area contributed by atoms with Crippen LogP contribution >= 0.6 is 0 Å². The fraction of sp³-hybridized carbons (Fsp3) is 0.0455. The molecular formula is C22H16N6O. The van der Waals surface area contributed by atoms with Gasteiger partial charge in [0.1, 0.15) is 17.2 Å². The summed E-state index contributed by atoms with van der Waals surface area (Å²) in [6, 6.07) is 17.3. The zero-order chi connectivity index (χ0) is 19.8. The van der Waals surface area contributed by atoms with E-state index >= 15 is 0 Å². The number of benzene rings is 2. The van der Waals surface area contributed by atoms with Crippen LogP contribution in [0.3, 0.4) is 0 Å². The Morgan fingerprint density at radius 2 is 1.69 bits per heavy atom. The first-order chi connectivity index (χ1) is 14.3. The van der Waals surface area contributed by atoms with Crippen LogP contribution in [-0.2, 0) is 6.54 Å². The summed E-state index contributed by atoms with van der Waals surface area (Å²) in [4.78, 5) is 27.0. The second-order valence-corrected chi connectivity index (χ2v) is 6.54. The molecule has 0 N–H and O–H groups in total. The van der Waals surface area contributed by atoms with E-state index in [0.717, 1.165) is 11.1 Å². The van der Waals surface area contributed by atoms with E-state index in [9.17, 15) is 4.79 Å². The van der Waals surface area contributed by atoms with Gasteiger partial charge in [-0.05, 0) is 17.7 Å². The summed E-state index contributed by atoms with van der Waals surface area (Å²) in [5.74, 6) is 0. The topological polar surface area (TPSA) is 78.0 Å². The highest BCUT2D eigenvalue weighted by molar-refractivity contribution is 6.04. The average Bonchev–Trinajstić information content (AvgIpc) is 3.06. The summed E-state index contributed by atoms with van der Waals surface area (Å²) in [5.41, 5.74) is 3.57. The van der Waals surface area contributed by atoms with Gasteiger partial charge in [0, 0.05) is 6.54 Å².